The van der Waals surface area contributed by atoms with Crippen molar-refractivity contribution in [3.63, 3.8) is 0 Å². The highest BCUT2D eigenvalue weighted by atomic mass is 19.3. The molecule has 2 rings (SSSR count). The zero-order valence-electron chi connectivity index (χ0n) is 14.0. The standard InChI is InChI=1S/C16H22F2N2O4/c1-16(2,3)24-15(21)20-8-6-11(7-9-20)22-12-4-5-13(19-10-12)23-14(17)18/h4-5,10-11,14H,6-9H2,1-3H3. The minimum absolute atomic E-state index is 0.0626. The van der Waals surface area contributed by atoms with Crippen molar-refractivity contribution in [2.24, 2.45) is 0 Å². The summed E-state index contributed by atoms with van der Waals surface area (Å²) in [5.74, 6) is 0.324. The first-order valence-electron chi connectivity index (χ1n) is 7.78. The Morgan fingerprint density at radius 1 is 1.29 bits per heavy atom. The van der Waals surface area contributed by atoms with E-state index >= 15 is 0 Å². The minimum Gasteiger partial charge on any atom is -0.489 e. The van der Waals surface area contributed by atoms with Crippen molar-refractivity contribution in [2.75, 3.05) is 13.1 Å². The number of pyridine rings is 1. The highest BCUT2D eigenvalue weighted by Gasteiger charge is 2.27. The van der Waals surface area contributed by atoms with Gasteiger partial charge in [0.05, 0.1) is 6.20 Å². The quantitative estimate of drug-likeness (QED) is 0.837. The third-order valence-electron chi connectivity index (χ3n) is 3.32. The van der Waals surface area contributed by atoms with E-state index in [1.54, 1.807) is 4.90 Å². The van der Waals surface area contributed by atoms with Gasteiger partial charge in [0.1, 0.15) is 17.5 Å². The number of carbonyl (C=O) groups excluding carboxylic acids is 1. The molecule has 6 nitrogen and oxygen atoms in total. The molecule has 0 spiro atoms. The average Bonchev–Trinajstić information content (AvgIpc) is 2.48. The van der Waals surface area contributed by atoms with Gasteiger partial charge in [-0.1, -0.05) is 0 Å². The SMILES string of the molecule is CC(C)(C)OC(=O)N1CCC(Oc2ccc(OC(F)F)nc2)CC1. The molecular weight excluding hydrogens is 322 g/mol. The van der Waals surface area contributed by atoms with Crippen molar-refractivity contribution in [1.29, 1.82) is 0 Å². The lowest BCUT2D eigenvalue weighted by molar-refractivity contribution is -0.0529. The molecule has 24 heavy (non-hydrogen) atoms. The normalized spacial score (nSPS) is 16.2. The number of hydrogen-bond donors (Lipinski definition) is 0. The molecule has 1 aromatic heterocycles. The number of ether oxygens (including phenoxy) is 3. The predicted molar refractivity (Wildman–Crippen MR) is 82.3 cm³/mol. The Bertz CT molecular complexity index is 538. The van der Waals surface area contributed by atoms with E-state index in [9.17, 15) is 13.6 Å². The van der Waals surface area contributed by atoms with E-state index in [1.807, 2.05) is 20.8 Å². The molecule has 8 heteroatoms. The minimum atomic E-state index is -2.90. The van der Waals surface area contributed by atoms with Gasteiger partial charge in [-0.2, -0.15) is 8.78 Å². The largest absolute Gasteiger partial charge is 0.489 e. The lowest BCUT2D eigenvalue weighted by atomic mass is 10.1. The van der Waals surface area contributed by atoms with Gasteiger partial charge < -0.3 is 19.1 Å². The summed E-state index contributed by atoms with van der Waals surface area (Å²) >= 11 is 0. The number of halogens is 2. The monoisotopic (exact) mass is 344 g/mol. The highest BCUT2D eigenvalue weighted by Crippen LogP contribution is 2.21. The summed E-state index contributed by atoms with van der Waals surface area (Å²) in [6, 6.07) is 2.86. The van der Waals surface area contributed by atoms with Gasteiger partial charge in [-0.05, 0) is 26.8 Å². The van der Waals surface area contributed by atoms with Crippen molar-refractivity contribution in [3.05, 3.63) is 18.3 Å². The van der Waals surface area contributed by atoms with Crippen LogP contribution in [0.4, 0.5) is 13.6 Å². The molecule has 0 atom stereocenters. The molecule has 1 aliphatic rings. The molecule has 134 valence electrons. The molecule has 0 saturated carbocycles. The second kappa shape index (κ2) is 7.63. The zero-order chi connectivity index (χ0) is 17.7. The Kier molecular flexibility index (Phi) is 5.80. The van der Waals surface area contributed by atoms with Crippen molar-refractivity contribution in [3.8, 4) is 11.6 Å². The fourth-order valence-corrected chi connectivity index (χ4v) is 2.27. The maximum atomic E-state index is 12.1. The van der Waals surface area contributed by atoms with E-state index in [1.165, 1.54) is 18.3 Å². The van der Waals surface area contributed by atoms with Crippen LogP contribution in [0.2, 0.25) is 0 Å². The molecule has 0 aromatic carbocycles. The number of likely N-dealkylation sites (tertiary alicyclic amines) is 1. The number of piperidine rings is 1. The average molecular weight is 344 g/mol. The first-order valence-corrected chi connectivity index (χ1v) is 7.78. The van der Waals surface area contributed by atoms with Crippen LogP contribution < -0.4 is 9.47 Å². The zero-order valence-corrected chi connectivity index (χ0v) is 14.0. The molecule has 0 N–H and O–H groups in total. The second-order valence-corrected chi connectivity index (χ2v) is 6.50. The Morgan fingerprint density at radius 3 is 2.46 bits per heavy atom. The maximum Gasteiger partial charge on any atom is 0.410 e. The molecule has 0 aliphatic carbocycles. The lowest BCUT2D eigenvalue weighted by Gasteiger charge is -2.33. The molecular formula is C16H22F2N2O4. The van der Waals surface area contributed by atoms with E-state index < -0.39 is 12.2 Å². The first kappa shape index (κ1) is 18.2. The Labute approximate surface area is 139 Å². The summed E-state index contributed by atoms with van der Waals surface area (Å²) in [6.07, 6.45) is 2.28. The number of alkyl halides is 2. The van der Waals surface area contributed by atoms with Gasteiger partial charge in [0, 0.05) is 32.0 Å². The number of rotatable bonds is 4. The highest BCUT2D eigenvalue weighted by molar-refractivity contribution is 5.68. The molecule has 2 heterocycles. The summed E-state index contributed by atoms with van der Waals surface area (Å²) in [6.45, 7) is 3.67. The van der Waals surface area contributed by atoms with E-state index in [0.29, 0.717) is 31.7 Å². The fourth-order valence-electron chi connectivity index (χ4n) is 2.27. The van der Waals surface area contributed by atoms with Gasteiger partial charge in [0.15, 0.2) is 0 Å². The van der Waals surface area contributed by atoms with Crippen LogP contribution in [-0.2, 0) is 4.74 Å². The Hall–Kier alpha value is -2.12. The van der Waals surface area contributed by atoms with Gasteiger partial charge in [0.25, 0.3) is 0 Å². The van der Waals surface area contributed by atoms with Crippen LogP contribution in [0.15, 0.2) is 18.3 Å². The third-order valence-corrected chi connectivity index (χ3v) is 3.32. The van der Waals surface area contributed by atoms with E-state index in [4.69, 9.17) is 9.47 Å². The van der Waals surface area contributed by atoms with Crippen LogP contribution in [0.25, 0.3) is 0 Å². The summed E-state index contributed by atoms with van der Waals surface area (Å²) in [5, 5.41) is 0. The lowest BCUT2D eigenvalue weighted by Crippen LogP contribution is -2.44. The van der Waals surface area contributed by atoms with Gasteiger partial charge in [-0.15, -0.1) is 0 Å². The molecule has 1 aliphatic heterocycles. The second-order valence-electron chi connectivity index (χ2n) is 6.50. The number of carbonyl (C=O) groups is 1. The molecule has 0 radical (unpaired) electrons. The van der Waals surface area contributed by atoms with Crippen LogP contribution in [0.3, 0.4) is 0 Å². The Balaban J connectivity index is 1.79. The van der Waals surface area contributed by atoms with Crippen LogP contribution in [0, 0.1) is 0 Å². The van der Waals surface area contributed by atoms with Crippen LogP contribution in [0.1, 0.15) is 33.6 Å². The molecule has 1 saturated heterocycles. The van der Waals surface area contributed by atoms with Gasteiger partial charge in [0.2, 0.25) is 5.88 Å². The van der Waals surface area contributed by atoms with Crippen molar-refractivity contribution in [1.82, 2.24) is 9.88 Å². The van der Waals surface area contributed by atoms with Crippen molar-refractivity contribution < 1.29 is 27.8 Å². The van der Waals surface area contributed by atoms with Gasteiger partial charge >= 0.3 is 12.7 Å². The predicted octanol–water partition coefficient (Wildman–Crippen LogP) is 3.46. The topological polar surface area (TPSA) is 60.9 Å². The van der Waals surface area contributed by atoms with E-state index in [0.717, 1.165) is 0 Å². The summed E-state index contributed by atoms with van der Waals surface area (Å²) in [5.41, 5.74) is -0.516. The molecule has 1 fully saturated rings. The molecule has 1 amide bonds. The van der Waals surface area contributed by atoms with E-state index in [-0.39, 0.29) is 18.1 Å². The fraction of sp³-hybridized carbons (Fsp3) is 0.625. The van der Waals surface area contributed by atoms with Crippen LogP contribution in [0.5, 0.6) is 11.6 Å². The first-order chi connectivity index (χ1) is 11.2. The molecule has 0 bridgehead atoms. The van der Waals surface area contributed by atoms with Gasteiger partial charge in [-0.3, -0.25) is 0 Å². The Morgan fingerprint density at radius 2 is 1.96 bits per heavy atom. The maximum absolute atomic E-state index is 12.1. The molecule has 0 unspecified atom stereocenters. The van der Waals surface area contributed by atoms with Crippen LogP contribution >= 0.6 is 0 Å². The van der Waals surface area contributed by atoms with Crippen molar-refractivity contribution in [2.45, 2.75) is 51.9 Å². The number of hydrogen-bond acceptors (Lipinski definition) is 5. The van der Waals surface area contributed by atoms with E-state index in [2.05, 4.69) is 9.72 Å². The van der Waals surface area contributed by atoms with Crippen LogP contribution in [-0.4, -0.2) is 47.4 Å². The number of nitrogens with zero attached hydrogens (tertiary/aromatic N) is 2. The summed E-state index contributed by atoms with van der Waals surface area (Å²) in [4.78, 5) is 17.4. The molecule has 1 aromatic rings. The summed E-state index contributed by atoms with van der Waals surface area (Å²) in [7, 11) is 0. The van der Waals surface area contributed by atoms with Gasteiger partial charge in [-0.25, -0.2) is 9.78 Å². The number of aromatic nitrogens is 1. The van der Waals surface area contributed by atoms with Crippen molar-refractivity contribution >= 4 is 6.09 Å². The number of amides is 1. The smallest absolute Gasteiger partial charge is 0.410 e. The summed E-state index contributed by atoms with van der Waals surface area (Å²) < 4.78 is 39.4. The third kappa shape index (κ3) is 5.82.